The Kier molecular flexibility index (Phi) is 6.36. The molecule has 0 saturated carbocycles. The topological polar surface area (TPSA) is 40.5 Å². The van der Waals surface area contributed by atoms with E-state index in [-0.39, 0.29) is 11.8 Å². The van der Waals surface area contributed by atoms with Crippen molar-refractivity contribution in [1.82, 2.24) is 0 Å². The van der Waals surface area contributed by atoms with Crippen LogP contribution in [0.4, 0.5) is 0 Å². The second kappa shape index (κ2) is 8.79. The highest BCUT2D eigenvalue weighted by Crippen LogP contribution is 2.28. The molecule has 0 aliphatic carbocycles. The van der Waals surface area contributed by atoms with Crippen LogP contribution in [-0.4, -0.2) is 10.2 Å². The fourth-order valence-electron chi connectivity index (χ4n) is 3.99. The molecule has 3 rings (SSSR count). The summed E-state index contributed by atoms with van der Waals surface area (Å²) in [5, 5.41) is 22.4. The molecule has 30 heavy (non-hydrogen) atoms. The highest BCUT2D eigenvalue weighted by molar-refractivity contribution is 5.49. The van der Waals surface area contributed by atoms with Gasteiger partial charge in [-0.15, -0.1) is 0 Å². The lowest BCUT2D eigenvalue weighted by molar-refractivity contribution is 0.466. The third-order valence-corrected chi connectivity index (χ3v) is 5.90. The van der Waals surface area contributed by atoms with Crippen LogP contribution in [0.5, 0.6) is 11.5 Å². The number of aromatic hydroxyl groups is 2. The first-order chi connectivity index (χ1) is 14.2. The summed E-state index contributed by atoms with van der Waals surface area (Å²) in [7, 11) is 0. The van der Waals surface area contributed by atoms with E-state index in [2.05, 4.69) is 74.5 Å². The van der Waals surface area contributed by atoms with Crippen molar-refractivity contribution in [2.24, 2.45) is 0 Å². The number of hydrogen-bond donors (Lipinski definition) is 2. The Morgan fingerprint density at radius 1 is 0.567 bits per heavy atom. The molecule has 0 spiro atoms. The molecule has 0 saturated heterocycles. The Labute approximate surface area is 179 Å². The van der Waals surface area contributed by atoms with E-state index in [1.807, 2.05) is 27.7 Å². The molecule has 0 bridgehead atoms. The van der Waals surface area contributed by atoms with Crippen molar-refractivity contribution in [2.45, 2.75) is 53.4 Å². The molecule has 2 N–H and O–H groups in total. The van der Waals surface area contributed by atoms with Crippen LogP contribution >= 0.6 is 0 Å². The smallest absolute Gasteiger partial charge is 0.121 e. The summed E-state index contributed by atoms with van der Waals surface area (Å²) in [6.45, 7) is 12.2. The van der Waals surface area contributed by atoms with Gasteiger partial charge in [0, 0.05) is 0 Å². The Morgan fingerprint density at radius 2 is 0.833 bits per heavy atom. The SMILES string of the molecule is Cc1cc(C(C)C=c2ccc(=CC(C)c3cc(C)c(O)c(C)c3)cc2)cc(C)c1O. The molecular weight excluding hydrogens is 368 g/mol. The summed E-state index contributed by atoms with van der Waals surface area (Å²) in [6, 6.07) is 16.9. The van der Waals surface area contributed by atoms with Crippen LogP contribution in [0.3, 0.4) is 0 Å². The van der Waals surface area contributed by atoms with Crippen molar-refractivity contribution >= 4 is 12.2 Å². The van der Waals surface area contributed by atoms with Gasteiger partial charge in [0.1, 0.15) is 11.5 Å². The van der Waals surface area contributed by atoms with Crippen LogP contribution in [0.25, 0.3) is 12.2 Å². The molecule has 0 aliphatic heterocycles. The summed E-state index contributed by atoms with van der Waals surface area (Å²) >= 11 is 0. The fraction of sp³-hybridized carbons (Fsp3) is 0.286. The predicted molar refractivity (Wildman–Crippen MR) is 127 cm³/mol. The molecule has 2 atom stereocenters. The normalized spacial score (nSPS) is 13.0. The van der Waals surface area contributed by atoms with E-state index in [1.54, 1.807) is 0 Å². The van der Waals surface area contributed by atoms with E-state index in [0.29, 0.717) is 11.5 Å². The van der Waals surface area contributed by atoms with Crippen LogP contribution in [0.1, 0.15) is 59.1 Å². The van der Waals surface area contributed by atoms with Gasteiger partial charge in [-0.1, -0.05) is 74.5 Å². The molecule has 156 valence electrons. The predicted octanol–water partition coefficient (Wildman–Crippen LogP) is 5.50. The average Bonchev–Trinajstić information content (AvgIpc) is 2.70. The maximum Gasteiger partial charge on any atom is 0.121 e. The van der Waals surface area contributed by atoms with Gasteiger partial charge in [-0.25, -0.2) is 0 Å². The summed E-state index contributed by atoms with van der Waals surface area (Å²) in [6.07, 6.45) is 4.51. The zero-order valence-corrected chi connectivity index (χ0v) is 18.8. The Hall–Kier alpha value is -3.00. The van der Waals surface area contributed by atoms with Gasteiger partial charge in [-0.2, -0.15) is 0 Å². The number of benzene rings is 3. The lowest BCUT2D eigenvalue weighted by atomic mass is 9.94. The summed E-state index contributed by atoms with van der Waals surface area (Å²) in [5.74, 6) is 1.30. The van der Waals surface area contributed by atoms with Crippen molar-refractivity contribution in [3.8, 4) is 11.5 Å². The second-order valence-electron chi connectivity index (χ2n) is 8.58. The van der Waals surface area contributed by atoms with Gasteiger partial charge in [0.2, 0.25) is 0 Å². The van der Waals surface area contributed by atoms with Crippen molar-refractivity contribution in [1.29, 1.82) is 0 Å². The molecule has 2 unspecified atom stereocenters. The van der Waals surface area contributed by atoms with Gasteiger partial charge in [0.15, 0.2) is 0 Å². The third kappa shape index (κ3) is 4.76. The second-order valence-corrected chi connectivity index (χ2v) is 8.58. The van der Waals surface area contributed by atoms with Crippen LogP contribution in [0, 0.1) is 27.7 Å². The Morgan fingerprint density at radius 3 is 1.10 bits per heavy atom. The van der Waals surface area contributed by atoms with Gasteiger partial charge >= 0.3 is 0 Å². The monoisotopic (exact) mass is 400 g/mol. The van der Waals surface area contributed by atoms with Crippen molar-refractivity contribution in [3.05, 3.63) is 92.3 Å². The maximum atomic E-state index is 10.0. The minimum Gasteiger partial charge on any atom is -0.507 e. The van der Waals surface area contributed by atoms with Crippen molar-refractivity contribution in [3.63, 3.8) is 0 Å². The highest BCUT2D eigenvalue weighted by Gasteiger charge is 2.09. The Balaban J connectivity index is 1.85. The van der Waals surface area contributed by atoms with Crippen LogP contribution in [0.15, 0.2) is 48.5 Å². The van der Waals surface area contributed by atoms with Gasteiger partial charge in [-0.3, -0.25) is 0 Å². The minimum atomic E-state index is 0.264. The standard InChI is InChI=1S/C28H32O2/c1-17(25-13-19(3)27(29)20(4)14-25)11-23-7-9-24(10-8-23)12-18(2)26-15-21(5)28(30)22(6)16-26/h7-18,29-30H,1-6H3. The van der Waals surface area contributed by atoms with Gasteiger partial charge in [0.05, 0.1) is 0 Å². The molecule has 0 amide bonds. The molecule has 2 heteroatoms. The van der Waals surface area contributed by atoms with Gasteiger partial charge in [-0.05, 0) is 83.3 Å². The van der Waals surface area contributed by atoms with E-state index >= 15 is 0 Å². The quantitative estimate of drug-likeness (QED) is 0.607. The first-order valence-corrected chi connectivity index (χ1v) is 10.6. The van der Waals surface area contributed by atoms with Crippen LogP contribution in [-0.2, 0) is 0 Å². The van der Waals surface area contributed by atoms with Crippen molar-refractivity contribution in [2.75, 3.05) is 0 Å². The molecule has 0 radical (unpaired) electrons. The molecule has 3 aromatic rings. The largest absolute Gasteiger partial charge is 0.507 e. The van der Waals surface area contributed by atoms with Crippen LogP contribution < -0.4 is 10.4 Å². The fourth-order valence-corrected chi connectivity index (χ4v) is 3.99. The first-order valence-electron chi connectivity index (χ1n) is 10.6. The van der Waals surface area contributed by atoms with E-state index in [9.17, 15) is 10.2 Å². The Bertz CT molecular complexity index is 1020. The molecule has 0 aliphatic rings. The molecule has 0 aromatic heterocycles. The van der Waals surface area contributed by atoms with Crippen LogP contribution in [0.2, 0.25) is 0 Å². The average molecular weight is 401 g/mol. The molecule has 2 nitrogen and oxygen atoms in total. The molecular formula is C28H32O2. The molecule has 3 aromatic carbocycles. The van der Waals surface area contributed by atoms with E-state index in [4.69, 9.17) is 0 Å². The third-order valence-electron chi connectivity index (χ3n) is 5.90. The van der Waals surface area contributed by atoms with E-state index in [0.717, 1.165) is 22.3 Å². The lowest BCUT2D eigenvalue weighted by Crippen LogP contribution is -2.10. The lowest BCUT2D eigenvalue weighted by Gasteiger charge is -2.12. The van der Waals surface area contributed by atoms with E-state index < -0.39 is 0 Å². The zero-order chi connectivity index (χ0) is 22.0. The number of rotatable bonds is 4. The van der Waals surface area contributed by atoms with Gasteiger partial charge in [0.25, 0.3) is 0 Å². The molecule has 0 fully saturated rings. The highest BCUT2D eigenvalue weighted by atomic mass is 16.3. The summed E-state index contributed by atoms with van der Waals surface area (Å²) in [4.78, 5) is 0. The number of hydrogen-bond acceptors (Lipinski definition) is 2. The minimum absolute atomic E-state index is 0.264. The summed E-state index contributed by atoms with van der Waals surface area (Å²) in [5.41, 5.74) is 6.11. The van der Waals surface area contributed by atoms with E-state index in [1.165, 1.54) is 21.6 Å². The number of aryl methyl sites for hydroxylation is 4. The number of phenols is 2. The number of phenolic OH excluding ortho intramolecular Hbond substituents is 2. The van der Waals surface area contributed by atoms with Gasteiger partial charge < -0.3 is 10.2 Å². The molecule has 0 heterocycles. The maximum absolute atomic E-state index is 10.0. The van der Waals surface area contributed by atoms with Crippen molar-refractivity contribution < 1.29 is 10.2 Å². The summed E-state index contributed by atoms with van der Waals surface area (Å²) < 4.78 is 0. The first kappa shape index (κ1) is 21.7. The zero-order valence-electron chi connectivity index (χ0n) is 18.8.